The zero-order chi connectivity index (χ0) is 13.8. The SMILES string of the molecule is CCC(CC)(CN)NC(=O)c1n[nH]c(C(C)C)n1. The summed E-state index contributed by atoms with van der Waals surface area (Å²) < 4.78 is 0. The second-order valence-electron chi connectivity index (χ2n) is 4.84. The van der Waals surface area contributed by atoms with Gasteiger partial charge in [0.05, 0.1) is 5.54 Å². The summed E-state index contributed by atoms with van der Waals surface area (Å²) in [6.07, 6.45) is 1.57. The molecule has 0 spiro atoms. The highest BCUT2D eigenvalue weighted by atomic mass is 16.2. The Kier molecular flexibility index (Phi) is 4.84. The summed E-state index contributed by atoms with van der Waals surface area (Å²) >= 11 is 0. The van der Waals surface area contributed by atoms with E-state index in [1.54, 1.807) is 0 Å². The molecule has 1 aromatic heterocycles. The zero-order valence-electron chi connectivity index (χ0n) is 11.6. The van der Waals surface area contributed by atoms with Crippen molar-refractivity contribution in [2.24, 2.45) is 5.73 Å². The Morgan fingerprint density at radius 2 is 2.06 bits per heavy atom. The lowest BCUT2D eigenvalue weighted by Crippen LogP contribution is -2.53. The molecular formula is C12H23N5O. The number of nitrogens with one attached hydrogen (secondary N) is 2. The van der Waals surface area contributed by atoms with Crippen LogP contribution in [0, 0.1) is 0 Å². The maximum atomic E-state index is 12.1. The van der Waals surface area contributed by atoms with Crippen LogP contribution in [-0.4, -0.2) is 33.2 Å². The van der Waals surface area contributed by atoms with Crippen molar-refractivity contribution in [2.45, 2.75) is 52.0 Å². The van der Waals surface area contributed by atoms with Gasteiger partial charge in [-0.05, 0) is 12.8 Å². The fraction of sp³-hybridized carbons (Fsp3) is 0.750. The van der Waals surface area contributed by atoms with Crippen molar-refractivity contribution < 1.29 is 4.79 Å². The molecule has 0 saturated carbocycles. The number of nitrogens with two attached hydrogens (primary N) is 1. The molecule has 1 heterocycles. The number of H-pyrrole nitrogens is 1. The molecule has 1 aromatic rings. The van der Waals surface area contributed by atoms with Crippen molar-refractivity contribution in [1.82, 2.24) is 20.5 Å². The summed E-state index contributed by atoms with van der Waals surface area (Å²) in [7, 11) is 0. The van der Waals surface area contributed by atoms with E-state index in [1.807, 2.05) is 27.7 Å². The van der Waals surface area contributed by atoms with E-state index in [0.29, 0.717) is 12.4 Å². The van der Waals surface area contributed by atoms with Crippen LogP contribution >= 0.6 is 0 Å². The number of hydrogen-bond donors (Lipinski definition) is 3. The van der Waals surface area contributed by atoms with Gasteiger partial charge in [-0.3, -0.25) is 9.89 Å². The minimum absolute atomic E-state index is 0.179. The molecule has 0 unspecified atom stereocenters. The Labute approximate surface area is 108 Å². The van der Waals surface area contributed by atoms with Crippen LogP contribution in [0.3, 0.4) is 0 Å². The van der Waals surface area contributed by atoms with Crippen LogP contribution in [0.5, 0.6) is 0 Å². The molecule has 0 saturated heterocycles. The first kappa shape index (κ1) is 14.6. The molecule has 0 radical (unpaired) electrons. The first-order valence-corrected chi connectivity index (χ1v) is 6.43. The van der Waals surface area contributed by atoms with Crippen molar-refractivity contribution in [3.8, 4) is 0 Å². The summed E-state index contributed by atoms with van der Waals surface area (Å²) in [6.45, 7) is 8.41. The lowest BCUT2D eigenvalue weighted by molar-refractivity contribution is 0.0885. The fourth-order valence-corrected chi connectivity index (χ4v) is 1.70. The third kappa shape index (κ3) is 3.07. The molecule has 0 aliphatic carbocycles. The number of aromatic nitrogens is 3. The number of hydrogen-bond acceptors (Lipinski definition) is 4. The summed E-state index contributed by atoms with van der Waals surface area (Å²) in [5.41, 5.74) is 5.38. The average Bonchev–Trinajstić information content (AvgIpc) is 2.86. The fourth-order valence-electron chi connectivity index (χ4n) is 1.70. The van der Waals surface area contributed by atoms with Crippen molar-refractivity contribution in [1.29, 1.82) is 0 Å². The van der Waals surface area contributed by atoms with Gasteiger partial charge in [0.25, 0.3) is 5.91 Å². The predicted octanol–water partition coefficient (Wildman–Crippen LogP) is 1.18. The van der Waals surface area contributed by atoms with E-state index >= 15 is 0 Å². The van der Waals surface area contributed by atoms with Gasteiger partial charge in [0.1, 0.15) is 5.82 Å². The largest absolute Gasteiger partial charge is 0.343 e. The van der Waals surface area contributed by atoms with Gasteiger partial charge >= 0.3 is 0 Å². The Balaban J connectivity index is 2.80. The number of amides is 1. The van der Waals surface area contributed by atoms with Gasteiger partial charge in [0.2, 0.25) is 5.82 Å². The van der Waals surface area contributed by atoms with Gasteiger partial charge in [-0.2, -0.15) is 0 Å². The van der Waals surface area contributed by atoms with E-state index in [0.717, 1.165) is 12.8 Å². The van der Waals surface area contributed by atoms with Crippen molar-refractivity contribution in [3.63, 3.8) is 0 Å². The molecule has 0 fully saturated rings. The molecule has 18 heavy (non-hydrogen) atoms. The first-order chi connectivity index (χ1) is 8.48. The van der Waals surface area contributed by atoms with E-state index in [2.05, 4.69) is 20.5 Å². The van der Waals surface area contributed by atoms with Crippen LogP contribution in [0.2, 0.25) is 0 Å². The topological polar surface area (TPSA) is 96.7 Å². The Bertz CT molecular complexity index is 387. The number of carbonyl (C=O) groups is 1. The zero-order valence-corrected chi connectivity index (χ0v) is 11.6. The molecule has 0 aliphatic rings. The molecule has 1 rings (SSSR count). The Morgan fingerprint density at radius 1 is 1.44 bits per heavy atom. The average molecular weight is 253 g/mol. The second-order valence-corrected chi connectivity index (χ2v) is 4.84. The summed E-state index contributed by atoms with van der Waals surface area (Å²) in [4.78, 5) is 16.2. The van der Waals surface area contributed by atoms with Crippen molar-refractivity contribution in [2.75, 3.05) is 6.54 Å². The lowest BCUT2D eigenvalue weighted by atomic mass is 9.93. The quantitative estimate of drug-likeness (QED) is 0.709. The van der Waals surface area contributed by atoms with Gasteiger partial charge in [0, 0.05) is 12.5 Å². The lowest BCUT2D eigenvalue weighted by Gasteiger charge is -2.30. The van der Waals surface area contributed by atoms with Crippen LogP contribution in [0.4, 0.5) is 0 Å². The van der Waals surface area contributed by atoms with Crippen LogP contribution < -0.4 is 11.1 Å². The highest BCUT2D eigenvalue weighted by Gasteiger charge is 2.28. The predicted molar refractivity (Wildman–Crippen MR) is 70.3 cm³/mol. The van der Waals surface area contributed by atoms with Gasteiger partial charge in [0.15, 0.2) is 0 Å². The molecule has 0 atom stereocenters. The highest BCUT2D eigenvalue weighted by molar-refractivity contribution is 5.90. The van der Waals surface area contributed by atoms with Crippen molar-refractivity contribution in [3.05, 3.63) is 11.6 Å². The highest BCUT2D eigenvalue weighted by Crippen LogP contribution is 2.14. The van der Waals surface area contributed by atoms with E-state index in [4.69, 9.17) is 5.73 Å². The Hall–Kier alpha value is -1.43. The van der Waals surface area contributed by atoms with E-state index in [9.17, 15) is 4.79 Å². The monoisotopic (exact) mass is 253 g/mol. The molecule has 6 nitrogen and oxygen atoms in total. The minimum atomic E-state index is -0.365. The smallest absolute Gasteiger partial charge is 0.291 e. The standard InChI is InChI=1S/C12H23N5O/c1-5-12(6-2,7-13)15-11(18)10-14-9(8(3)4)16-17-10/h8H,5-7,13H2,1-4H3,(H,15,18)(H,14,16,17). The van der Waals surface area contributed by atoms with Gasteiger partial charge in [-0.25, -0.2) is 4.98 Å². The molecule has 0 aromatic carbocycles. The van der Waals surface area contributed by atoms with Gasteiger partial charge in [-0.15, -0.1) is 5.10 Å². The summed E-state index contributed by atoms with van der Waals surface area (Å²) in [5, 5.41) is 9.65. The van der Waals surface area contributed by atoms with Crippen molar-refractivity contribution >= 4 is 5.91 Å². The second kappa shape index (κ2) is 5.95. The number of rotatable bonds is 6. The molecule has 102 valence electrons. The summed E-state index contributed by atoms with van der Waals surface area (Å²) in [5.74, 6) is 0.841. The number of nitrogens with zero attached hydrogens (tertiary/aromatic N) is 2. The third-order valence-electron chi connectivity index (χ3n) is 3.38. The molecule has 0 bridgehead atoms. The third-order valence-corrected chi connectivity index (χ3v) is 3.38. The molecule has 6 heteroatoms. The number of carbonyl (C=O) groups excluding carboxylic acids is 1. The van der Waals surface area contributed by atoms with Crippen LogP contribution in [-0.2, 0) is 0 Å². The molecular weight excluding hydrogens is 230 g/mol. The first-order valence-electron chi connectivity index (χ1n) is 6.43. The number of aromatic amines is 1. The van der Waals surface area contributed by atoms with Crippen LogP contribution in [0.15, 0.2) is 0 Å². The molecule has 4 N–H and O–H groups in total. The van der Waals surface area contributed by atoms with Crippen LogP contribution in [0.1, 0.15) is 62.9 Å². The van der Waals surface area contributed by atoms with E-state index in [-0.39, 0.29) is 23.2 Å². The maximum Gasteiger partial charge on any atom is 0.291 e. The van der Waals surface area contributed by atoms with E-state index in [1.165, 1.54) is 0 Å². The van der Waals surface area contributed by atoms with E-state index < -0.39 is 0 Å². The molecule has 0 aliphatic heterocycles. The Morgan fingerprint density at radius 3 is 2.44 bits per heavy atom. The van der Waals surface area contributed by atoms with Crippen LogP contribution in [0.25, 0.3) is 0 Å². The molecule has 1 amide bonds. The van der Waals surface area contributed by atoms with Gasteiger partial charge < -0.3 is 11.1 Å². The normalized spacial score (nSPS) is 11.9. The van der Waals surface area contributed by atoms with Gasteiger partial charge in [-0.1, -0.05) is 27.7 Å². The maximum absolute atomic E-state index is 12.1. The summed E-state index contributed by atoms with van der Waals surface area (Å²) in [6, 6.07) is 0. The minimum Gasteiger partial charge on any atom is -0.343 e.